The zero-order valence-corrected chi connectivity index (χ0v) is 14.3. The van der Waals surface area contributed by atoms with E-state index >= 15 is 0 Å². The molecule has 1 aliphatic rings. The van der Waals surface area contributed by atoms with Gasteiger partial charge in [0.2, 0.25) is 0 Å². The quantitative estimate of drug-likeness (QED) is 0.660. The summed E-state index contributed by atoms with van der Waals surface area (Å²) >= 11 is 0. The predicted octanol–water partition coefficient (Wildman–Crippen LogP) is 5.31. The molecular weight excluding hydrogens is 270 g/mol. The van der Waals surface area contributed by atoms with Gasteiger partial charge in [0.15, 0.2) is 11.4 Å². The highest BCUT2D eigenvalue weighted by atomic mass is 28.2. The molecule has 21 heavy (non-hydrogen) atoms. The summed E-state index contributed by atoms with van der Waals surface area (Å²) in [4.78, 5) is 0. The third-order valence-electron chi connectivity index (χ3n) is 4.01. The SMILES string of the molecule is CC1=Cc2c(cccc2[N+](c2ccc(C)cc2)=[Si](C)C)C1. The van der Waals surface area contributed by atoms with Crippen molar-refractivity contribution in [1.82, 2.24) is 4.22 Å². The lowest BCUT2D eigenvalue weighted by Gasteiger charge is -2.10. The van der Waals surface area contributed by atoms with E-state index < -0.39 is 8.59 Å². The van der Waals surface area contributed by atoms with E-state index in [0.717, 1.165) is 6.42 Å². The second-order valence-electron chi connectivity index (χ2n) is 6.14. The smallest absolute Gasteiger partial charge is 0.242 e. The Balaban J connectivity index is 2.20. The van der Waals surface area contributed by atoms with E-state index in [9.17, 15) is 0 Å². The second kappa shape index (κ2) is 5.53. The monoisotopic (exact) mass is 292 g/mol. The van der Waals surface area contributed by atoms with Gasteiger partial charge in [0.1, 0.15) is 0 Å². The van der Waals surface area contributed by atoms with Gasteiger partial charge in [-0.1, -0.05) is 35.4 Å². The van der Waals surface area contributed by atoms with Crippen molar-refractivity contribution < 1.29 is 0 Å². The molecule has 0 amide bonds. The lowest BCUT2D eigenvalue weighted by Crippen LogP contribution is -2.14. The van der Waals surface area contributed by atoms with E-state index in [1.807, 2.05) is 0 Å². The van der Waals surface area contributed by atoms with Crippen molar-refractivity contribution in [2.45, 2.75) is 33.4 Å². The molecule has 2 heteroatoms. The Labute approximate surface area is 128 Å². The molecule has 0 aromatic heterocycles. The Bertz CT molecular complexity index is 748. The van der Waals surface area contributed by atoms with Gasteiger partial charge in [0.25, 0.3) is 0 Å². The highest BCUT2D eigenvalue weighted by molar-refractivity contribution is 6.44. The zero-order valence-electron chi connectivity index (χ0n) is 13.3. The summed E-state index contributed by atoms with van der Waals surface area (Å²) < 4.78 is 2.54. The van der Waals surface area contributed by atoms with Gasteiger partial charge in [-0.2, -0.15) is 0 Å². The van der Waals surface area contributed by atoms with E-state index in [1.54, 1.807) is 0 Å². The van der Waals surface area contributed by atoms with Crippen molar-refractivity contribution >= 4 is 26.0 Å². The van der Waals surface area contributed by atoms with E-state index in [1.165, 1.54) is 33.6 Å². The average Bonchev–Trinajstić information content (AvgIpc) is 2.82. The van der Waals surface area contributed by atoms with Gasteiger partial charge < -0.3 is 0 Å². The number of benzene rings is 2. The van der Waals surface area contributed by atoms with Crippen molar-refractivity contribution in [3.05, 3.63) is 64.7 Å². The number of hydrogen-bond donors (Lipinski definition) is 0. The summed E-state index contributed by atoms with van der Waals surface area (Å²) in [5.74, 6) is 0. The van der Waals surface area contributed by atoms with Crippen LogP contribution in [0.5, 0.6) is 0 Å². The summed E-state index contributed by atoms with van der Waals surface area (Å²) in [5.41, 5.74) is 8.33. The van der Waals surface area contributed by atoms with Crippen LogP contribution in [0.3, 0.4) is 0 Å². The van der Waals surface area contributed by atoms with Crippen molar-refractivity contribution in [1.29, 1.82) is 0 Å². The van der Waals surface area contributed by atoms with Gasteiger partial charge in [-0.05, 0) is 31.9 Å². The molecule has 0 unspecified atom stereocenters. The van der Waals surface area contributed by atoms with Crippen LogP contribution in [-0.4, -0.2) is 8.59 Å². The Morgan fingerprint density at radius 1 is 0.952 bits per heavy atom. The van der Waals surface area contributed by atoms with E-state index in [0.29, 0.717) is 0 Å². The molecule has 1 aliphatic carbocycles. The van der Waals surface area contributed by atoms with Gasteiger partial charge in [-0.25, -0.2) is 4.22 Å². The molecule has 0 aliphatic heterocycles. The maximum absolute atomic E-state index is 2.54. The summed E-state index contributed by atoms with van der Waals surface area (Å²) in [6, 6.07) is 15.6. The second-order valence-corrected chi connectivity index (χ2v) is 8.48. The molecule has 0 saturated heterocycles. The molecule has 1 nitrogen and oxygen atoms in total. The van der Waals surface area contributed by atoms with Crippen molar-refractivity contribution in [3.63, 3.8) is 0 Å². The third kappa shape index (κ3) is 2.68. The summed E-state index contributed by atoms with van der Waals surface area (Å²) in [7, 11) is -0.624. The van der Waals surface area contributed by atoms with Crippen molar-refractivity contribution in [2.24, 2.45) is 0 Å². The Hall–Kier alpha value is -1.80. The van der Waals surface area contributed by atoms with Crippen LogP contribution in [0.25, 0.3) is 6.08 Å². The van der Waals surface area contributed by atoms with Crippen LogP contribution >= 0.6 is 0 Å². The molecular formula is C19H22NSi+. The number of rotatable bonds is 2. The number of nitrogens with zero attached hydrogens (tertiary/aromatic N) is 1. The standard InChI is InChI=1S/C19H22NSi/c1-14-8-10-17(11-9-14)20(21(3)4)19-7-5-6-16-12-15(2)13-18(16)19/h5-11,13H,12H2,1-4H3/q+1. The largest absolute Gasteiger partial charge is 0.343 e. The zero-order chi connectivity index (χ0) is 15.0. The first-order chi connectivity index (χ1) is 10.1. The fourth-order valence-corrected chi connectivity index (χ4v) is 4.39. The molecule has 0 heterocycles. The maximum atomic E-state index is 2.54. The average molecular weight is 292 g/mol. The minimum Gasteiger partial charge on any atom is -0.242 e. The first-order valence-corrected chi connectivity index (χ1v) is 9.97. The van der Waals surface area contributed by atoms with Gasteiger partial charge in [0, 0.05) is 36.9 Å². The normalized spacial score (nSPS) is 12.9. The molecule has 0 spiro atoms. The molecule has 0 radical (unpaired) electrons. The minimum atomic E-state index is -0.624. The summed E-state index contributed by atoms with van der Waals surface area (Å²) in [5, 5.41) is 0. The van der Waals surface area contributed by atoms with Crippen LogP contribution in [-0.2, 0) is 6.42 Å². The van der Waals surface area contributed by atoms with Gasteiger partial charge >= 0.3 is 8.59 Å². The molecule has 0 saturated carbocycles. The molecule has 2 aromatic carbocycles. The number of aryl methyl sites for hydroxylation is 1. The third-order valence-corrected chi connectivity index (χ3v) is 5.41. The Morgan fingerprint density at radius 3 is 2.33 bits per heavy atom. The van der Waals surface area contributed by atoms with Gasteiger partial charge in [-0.15, -0.1) is 0 Å². The van der Waals surface area contributed by atoms with E-state index in [-0.39, 0.29) is 0 Å². The van der Waals surface area contributed by atoms with Crippen LogP contribution in [0.1, 0.15) is 23.6 Å². The highest BCUT2D eigenvalue weighted by Crippen LogP contribution is 2.34. The minimum absolute atomic E-state index is 0.624. The molecule has 2 aromatic rings. The van der Waals surface area contributed by atoms with Gasteiger partial charge in [-0.3, -0.25) is 0 Å². The van der Waals surface area contributed by atoms with E-state index in [4.69, 9.17) is 0 Å². The topological polar surface area (TPSA) is 3.01 Å². The number of hydrogen-bond acceptors (Lipinski definition) is 0. The van der Waals surface area contributed by atoms with Crippen LogP contribution in [0.4, 0.5) is 11.4 Å². The molecule has 0 bridgehead atoms. The van der Waals surface area contributed by atoms with Crippen LogP contribution < -0.4 is 4.22 Å². The summed E-state index contributed by atoms with van der Waals surface area (Å²) in [6.07, 6.45) is 3.46. The first kappa shape index (κ1) is 14.1. The van der Waals surface area contributed by atoms with Crippen LogP contribution in [0.15, 0.2) is 48.0 Å². The lowest BCUT2D eigenvalue weighted by molar-refractivity contribution is 1.08. The number of fused-ring (bicyclic) bond motifs is 1. The van der Waals surface area contributed by atoms with E-state index in [2.05, 4.69) is 79.7 Å². The first-order valence-electron chi connectivity index (χ1n) is 7.52. The molecule has 106 valence electrons. The molecule has 0 fully saturated rings. The lowest BCUT2D eigenvalue weighted by atomic mass is 10.1. The fourth-order valence-electron chi connectivity index (χ4n) is 3.05. The Kier molecular flexibility index (Phi) is 3.73. The fraction of sp³-hybridized carbons (Fsp3) is 0.263. The molecule has 0 atom stereocenters. The van der Waals surface area contributed by atoms with Crippen molar-refractivity contribution in [3.8, 4) is 0 Å². The summed E-state index contributed by atoms with van der Waals surface area (Å²) in [6.45, 7) is 9.08. The molecule has 3 rings (SSSR count). The number of allylic oxidation sites excluding steroid dienone is 1. The van der Waals surface area contributed by atoms with Gasteiger partial charge in [0.05, 0.1) is 0 Å². The van der Waals surface area contributed by atoms with Crippen molar-refractivity contribution in [2.75, 3.05) is 0 Å². The maximum Gasteiger partial charge on any atom is 0.343 e. The van der Waals surface area contributed by atoms with Crippen LogP contribution in [0, 0.1) is 6.92 Å². The van der Waals surface area contributed by atoms with Crippen LogP contribution in [0.2, 0.25) is 13.1 Å². The highest BCUT2D eigenvalue weighted by Gasteiger charge is 2.22. The Morgan fingerprint density at radius 2 is 1.67 bits per heavy atom. The molecule has 0 N–H and O–H groups in total. The predicted molar refractivity (Wildman–Crippen MR) is 93.9 cm³/mol.